The van der Waals surface area contributed by atoms with Crippen LogP contribution in [0.2, 0.25) is 0 Å². The molecule has 1 amide bonds. The first-order valence-corrected chi connectivity index (χ1v) is 8.05. The quantitative estimate of drug-likeness (QED) is 0.865. The number of hydrogen-bond acceptors (Lipinski definition) is 5. The molecule has 0 spiro atoms. The van der Waals surface area contributed by atoms with E-state index in [1.54, 1.807) is 0 Å². The molecule has 122 valence electrons. The number of aryl methyl sites for hydroxylation is 1. The minimum absolute atomic E-state index is 0.228. The van der Waals surface area contributed by atoms with E-state index in [2.05, 4.69) is 15.0 Å². The summed E-state index contributed by atoms with van der Waals surface area (Å²) in [6.45, 7) is 7.84. The average Bonchev–Trinajstić information content (AvgIpc) is 3.03. The summed E-state index contributed by atoms with van der Waals surface area (Å²) in [5, 5.41) is 4.08. The minimum atomic E-state index is 0.228. The predicted molar refractivity (Wildman–Crippen MR) is 86.6 cm³/mol. The third-order valence-electron chi connectivity index (χ3n) is 4.13. The Morgan fingerprint density at radius 2 is 2.04 bits per heavy atom. The third kappa shape index (κ3) is 3.76. The minimum Gasteiger partial charge on any atom is -0.340 e. The lowest BCUT2D eigenvalue weighted by molar-refractivity contribution is -0.132. The number of carbonyl (C=O) groups is 1. The Hall–Kier alpha value is -2.21. The molecule has 6 heteroatoms. The molecule has 0 saturated carbocycles. The molecular formula is C17H22N4O2. The maximum atomic E-state index is 11.7. The molecule has 3 rings (SSSR count). The molecule has 0 aliphatic carbocycles. The number of amides is 1. The summed E-state index contributed by atoms with van der Waals surface area (Å²) in [4.78, 5) is 20.3. The summed E-state index contributed by atoms with van der Waals surface area (Å²) >= 11 is 0. The fourth-order valence-electron chi connectivity index (χ4n) is 2.79. The van der Waals surface area contributed by atoms with Gasteiger partial charge in [0, 0.05) is 38.2 Å². The molecule has 0 unspecified atom stereocenters. The van der Waals surface area contributed by atoms with Crippen molar-refractivity contribution in [2.24, 2.45) is 0 Å². The van der Waals surface area contributed by atoms with Crippen molar-refractivity contribution in [3.63, 3.8) is 0 Å². The molecule has 6 nitrogen and oxygen atoms in total. The lowest BCUT2D eigenvalue weighted by Crippen LogP contribution is -2.48. The van der Waals surface area contributed by atoms with E-state index in [9.17, 15) is 4.79 Å². The molecule has 23 heavy (non-hydrogen) atoms. The number of rotatable bonds is 4. The molecule has 0 atom stereocenters. The molecule has 1 aromatic heterocycles. The van der Waals surface area contributed by atoms with E-state index >= 15 is 0 Å². The van der Waals surface area contributed by atoms with Crippen molar-refractivity contribution in [2.75, 3.05) is 26.2 Å². The van der Waals surface area contributed by atoms with Crippen LogP contribution in [0, 0.1) is 6.92 Å². The highest BCUT2D eigenvalue weighted by molar-refractivity contribution is 5.75. The van der Waals surface area contributed by atoms with Gasteiger partial charge in [-0.1, -0.05) is 29.8 Å². The molecular weight excluding hydrogens is 292 g/mol. The lowest BCUT2D eigenvalue weighted by Gasteiger charge is -2.33. The van der Waals surface area contributed by atoms with Gasteiger partial charge in [0.2, 0.25) is 5.91 Å². The molecule has 0 bridgehead atoms. The molecule has 1 fully saturated rings. The number of carbonyl (C=O) groups excluding carboxylic acids is 1. The highest BCUT2D eigenvalue weighted by atomic mass is 16.5. The Morgan fingerprint density at radius 1 is 1.26 bits per heavy atom. The van der Waals surface area contributed by atoms with E-state index in [0.29, 0.717) is 24.7 Å². The van der Waals surface area contributed by atoms with Gasteiger partial charge >= 0.3 is 0 Å². The van der Waals surface area contributed by atoms with Crippen LogP contribution in [0.15, 0.2) is 28.8 Å². The van der Waals surface area contributed by atoms with Crippen LogP contribution in [0.3, 0.4) is 0 Å². The Bertz CT molecular complexity index is 675. The van der Waals surface area contributed by atoms with Gasteiger partial charge in [-0.05, 0) is 19.1 Å². The Kier molecular flexibility index (Phi) is 4.71. The van der Waals surface area contributed by atoms with E-state index in [1.807, 2.05) is 43.0 Å². The molecule has 0 radical (unpaired) electrons. The maximum absolute atomic E-state index is 11.7. The summed E-state index contributed by atoms with van der Waals surface area (Å²) in [5.74, 6) is 1.48. The Morgan fingerprint density at radius 3 is 2.74 bits per heavy atom. The number of piperazine rings is 1. The number of hydrogen-bond donors (Lipinski definition) is 0. The van der Waals surface area contributed by atoms with Gasteiger partial charge in [-0.2, -0.15) is 4.98 Å². The van der Waals surface area contributed by atoms with Crippen LogP contribution >= 0.6 is 0 Å². The molecule has 0 N–H and O–H groups in total. The second-order valence-electron chi connectivity index (χ2n) is 5.90. The zero-order valence-electron chi connectivity index (χ0n) is 13.7. The molecule has 2 aromatic rings. The first-order chi connectivity index (χ1) is 11.2. The van der Waals surface area contributed by atoms with Gasteiger partial charge in [0.15, 0.2) is 5.82 Å². The summed E-state index contributed by atoms with van der Waals surface area (Å²) in [5.41, 5.74) is 2.11. The van der Waals surface area contributed by atoms with Gasteiger partial charge in [0.05, 0.1) is 6.54 Å². The summed E-state index contributed by atoms with van der Waals surface area (Å²) in [6, 6.07) is 8.03. The maximum Gasteiger partial charge on any atom is 0.257 e. The van der Waals surface area contributed by atoms with Crippen LogP contribution in [0.5, 0.6) is 0 Å². The van der Waals surface area contributed by atoms with E-state index in [1.165, 1.54) is 5.56 Å². The molecule has 1 aromatic carbocycles. The predicted octanol–water partition coefficient (Wildman–Crippen LogP) is 2.10. The van der Waals surface area contributed by atoms with Crippen molar-refractivity contribution in [3.05, 3.63) is 35.7 Å². The first kappa shape index (κ1) is 15.7. The molecule has 2 heterocycles. The van der Waals surface area contributed by atoms with Crippen LogP contribution in [0.1, 0.15) is 24.7 Å². The number of benzene rings is 1. The number of aromatic nitrogens is 2. The monoisotopic (exact) mass is 314 g/mol. The van der Waals surface area contributed by atoms with Gasteiger partial charge in [-0.3, -0.25) is 9.69 Å². The smallest absolute Gasteiger partial charge is 0.257 e. The normalized spacial score (nSPS) is 15.8. The van der Waals surface area contributed by atoms with E-state index in [0.717, 1.165) is 31.7 Å². The van der Waals surface area contributed by atoms with Crippen molar-refractivity contribution in [1.29, 1.82) is 0 Å². The van der Waals surface area contributed by atoms with E-state index in [-0.39, 0.29) is 5.91 Å². The van der Waals surface area contributed by atoms with Crippen molar-refractivity contribution < 1.29 is 9.32 Å². The van der Waals surface area contributed by atoms with Crippen molar-refractivity contribution >= 4 is 5.91 Å². The van der Waals surface area contributed by atoms with Crippen LogP contribution in [0.25, 0.3) is 11.5 Å². The SMILES string of the molecule is CCC(=O)N1CCN(Cc2noc(-c3cccc(C)c3)n2)CC1. The third-order valence-corrected chi connectivity index (χ3v) is 4.13. The molecule has 1 saturated heterocycles. The van der Waals surface area contributed by atoms with E-state index < -0.39 is 0 Å². The van der Waals surface area contributed by atoms with Crippen molar-refractivity contribution in [1.82, 2.24) is 19.9 Å². The Labute approximate surface area is 136 Å². The second kappa shape index (κ2) is 6.91. The van der Waals surface area contributed by atoms with Crippen LogP contribution in [-0.2, 0) is 11.3 Å². The van der Waals surface area contributed by atoms with E-state index in [4.69, 9.17) is 4.52 Å². The van der Waals surface area contributed by atoms with Crippen molar-refractivity contribution in [3.8, 4) is 11.5 Å². The second-order valence-corrected chi connectivity index (χ2v) is 5.90. The highest BCUT2D eigenvalue weighted by Crippen LogP contribution is 2.18. The van der Waals surface area contributed by atoms with Crippen LogP contribution < -0.4 is 0 Å². The fourth-order valence-corrected chi connectivity index (χ4v) is 2.79. The molecule has 1 aliphatic rings. The highest BCUT2D eigenvalue weighted by Gasteiger charge is 2.21. The van der Waals surface area contributed by atoms with Crippen molar-refractivity contribution in [2.45, 2.75) is 26.8 Å². The molecule has 1 aliphatic heterocycles. The van der Waals surface area contributed by atoms with Gasteiger partial charge in [0.1, 0.15) is 0 Å². The first-order valence-electron chi connectivity index (χ1n) is 8.05. The van der Waals surface area contributed by atoms with Crippen LogP contribution in [-0.4, -0.2) is 52.0 Å². The lowest BCUT2D eigenvalue weighted by atomic mass is 10.1. The summed E-state index contributed by atoms with van der Waals surface area (Å²) in [7, 11) is 0. The number of nitrogens with zero attached hydrogens (tertiary/aromatic N) is 4. The zero-order chi connectivity index (χ0) is 16.2. The summed E-state index contributed by atoms with van der Waals surface area (Å²) in [6.07, 6.45) is 0.574. The van der Waals surface area contributed by atoms with Crippen LogP contribution in [0.4, 0.5) is 0 Å². The van der Waals surface area contributed by atoms with Gasteiger partial charge in [0.25, 0.3) is 5.89 Å². The fraction of sp³-hybridized carbons (Fsp3) is 0.471. The standard InChI is InChI=1S/C17H22N4O2/c1-3-16(22)21-9-7-20(8-10-21)12-15-18-17(23-19-15)14-6-4-5-13(2)11-14/h4-6,11H,3,7-10,12H2,1-2H3. The van der Waals surface area contributed by atoms with Gasteiger partial charge in [-0.15, -0.1) is 0 Å². The average molecular weight is 314 g/mol. The Balaban J connectivity index is 1.59. The summed E-state index contributed by atoms with van der Waals surface area (Å²) < 4.78 is 5.37. The zero-order valence-corrected chi connectivity index (χ0v) is 13.7. The largest absolute Gasteiger partial charge is 0.340 e. The van der Waals surface area contributed by atoms with Gasteiger partial charge < -0.3 is 9.42 Å². The van der Waals surface area contributed by atoms with Gasteiger partial charge in [-0.25, -0.2) is 0 Å². The topological polar surface area (TPSA) is 62.5 Å².